The van der Waals surface area contributed by atoms with Gasteiger partial charge in [-0.1, -0.05) is 0 Å². The third-order valence-corrected chi connectivity index (χ3v) is 4.68. The molecule has 0 unspecified atom stereocenters. The van der Waals surface area contributed by atoms with Crippen LogP contribution in [-0.2, 0) is 9.53 Å². The van der Waals surface area contributed by atoms with Crippen LogP contribution in [0.1, 0.15) is 5.82 Å². The highest BCUT2D eigenvalue weighted by Gasteiger charge is 2.53. The standard InChI is InChI=1S/C16H23N5O4/c1-10-17-5-4-13(19-10)25-14-11-8-21(16(23)18-6-7-24-3)9-12(11)20(2)15(14)22/h4-5,11-12,14H,6-9H2,1-3H3,(H,18,23)/t11-,12+,14-/m0/s1. The highest BCUT2D eigenvalue weighted by molar-refractivity contribution is 5.85. The molecule has 3 amide bonds. The number of aryl methyl sites for hydroxylation is 1. The summed E-state index contributed by atoms with van der Waals surface area (Å²) < 4.78 is 10.8. The van der Waals surface area contributed by atoms with Crippen molar-refractivity contribution in [3.05, 3.63) is 18.1 Å². The molecular formula is C16H23N5O4. The number of likely N-dealkylation sites (tertiary alicyclic amines) is 2. The predicted octanol–water partition coefficient (Wildman–Crippen LogP) is -0.339. The number of carbonyl (C=O) groups is 2. The van der Waals surface area contributed by atoms with Crippen molar-refractivity contribution >= 4 is 11.9 Å². The Labute approximate surface area is 146 Å². The summed E-state index contributed by atoms with van der Waals surface area (Å²) in [6.45, 7) is 3.64. The lowest BCUT2D eigenvalue weighted by Gasteiger charge is -2.22. The number of methoxy groups -OCH3 is 1. The van der Waals surface area contributed by atoms with Crippen LogP contribution in [0.5, 0.6) is 5.88 Å². The maximum Gasteiger partial charge on any atom is 0.317 e. The van der Waals surface area contributed by atoms with Gasteiger partial charge in [-0.05, 0) is 6.92 Å². The van der Waals surface area contributed by atoms with Gasteiger partial charge in [-0.15, -0.1) is 0 Å². The number of likely N-dealkylation sites (N-methyl/N-ethyl adjacent to an activating group) is 1. The van der Waals surface area contributed by atoms with Gasteiger partial charge >= 0.3 is 6.03 Å². The van der Waals surface area contributed by atoms with Gasteiger partial charge in [-0.25, -0.2) is 9.78 Å². The first-order chi connectivity index (χ1) is 12.0. The molecule has 2 fully saturated rings. The van der Waals surface area contributed by atoms with Crippen LogP contribution in [0.2, 0.25) is 0 Å². The first-order valence-electron chi connectivity index (χ1n) is 8.26. The monoisotopic (exact) mass is 349 g/mol. The maximum atomic E-state index is 12.5. The summed E-state index contributed by atoms with van der Waals surface area (Å²) in [5.74, 6) is 0.799. The number of nitrogens with one attached hydrogen (secondary N) is 1. The third kappa shape index (κ3) is 3.51. The van der Waals surface area contributed by atoms with Gasteiger partial charge < -0.3 is 24.6 Å². The molecule has 9 heteroatoms. The van der Waals surface area contributed by atoms with Crippen LogP contribution in [-0.4, -0.2) is 84.3 Å². The van der Waals surface area contributed by atoms with Crippen LogP contribution < -0.4 is 10.1 Å². The van der Waals surface area contributed by atoms with Crippen molar-refractivity contribution in [3.8, 4) is 5.88 Å². The Morgan fingerprint density at radius 2 is 2.24 bits per heavy atom. The summed E-state index contributed by atoms with van der Waals surface area (Å²) in [4.78, 5) is 36.4. The first-order valence-corrected chi connectivity index (χ1v) is 8.26. The molecule has 0 aliphatic carbocycles. The topological polar surface area (TPSA) is 96.9 Å². The minimum atomic E-state index is -0.638. The number of carbonyl (C=O) groups excluding carboxylic acids is 2. The molecule has 1 N–H and O–H groups in total. The number of ether oxygens (including phenoxy) is 2. The Bertz CT molecular complexity index is 655. The fraction of sp³-hybridized carbons (Fsp3) is 0.625. The van der Waals surface area contributed by atoms with Gasteiger partial charge in [0, 0.05) is 52.0 Å². The predicted molar refractivity (Wildman–Crippen MR) is 88.1 cm³/mol. The number of amides is 3. The molecule has 0 bridgehead atoms. The Kier molecular flexibility index (Phi) is 5.03. The zero-order chi connectivity index (χ0) is 18.0. The fourth-order valence-corrected chi connectivity index (χ4v) is 3.37. The SMILES string of the molecule is COCCNC(=O)N1C[C@@H]2[C@H](Oc3ccnc(C)n3)C(=O)N(C)[C@@H]2C1. The summed E-state index contributed by atoms with van der Waals surface area (Å²) in [5, 5.41) is 2.81. The van der Waals surface area contributed by atoms with E-state index in [-0.39, 0.29) is 23.9 Å². The van der Waals surface area contributed by atoms with Gasteiger partial charge in [0.1, 0.15) is 5.82 Å². The summed E-state index contributed by atoms with van der Waals surface area (Å²) >= 11 is 0. The highest BCUT2D eigenvalue weighted by atomic mass is 16.5. The Hall–Kier alpha value is -2.42. The second kappa shape index (κ2) is 7.22. The number of rotatable bonds is 5. The zero-order valence-electron chi connectivity index (χ0n) is 14.6. The summed E-state index contributed by atoms with van der Waals surface area (Å²) in [7, 11) is 3.34. The molecule has 2 saturated heterocycles. The molecule has 0 radical (unpaired) electrons. The molecule has 136 valence electrons. The molecule has 3 atom stereocenters. The molecule has 0 saturated carbocycles. The largest absolute Gasteiger partial charge is 0.464 e. The lowest BCUT2D eigenvalue weighted by atomic mass is 10.0. The van der Waals surface area contributed by atoms with Crippen LogP contribution in [0.25, 0.3) is 0 Å². The molecule has 0 spiro atoms. The Balaban J connectivity index is 1.67. The van der Waals surface area contributed by atoms with Gasteiger partial charge in [-0.2, -0.15) is 4.98 Å². The summed E-state index contributed by atoms with van der Waals surface area (Å²) in [5.41, 5.74) is 0. The smallest absolute Gasteiger partial charge is 0.317 e. The zero-order valence-corrected chi connectivity index (χ0v) is 14.6. The number of hydrogen-bond acceptors (Lipinski definition) is 6. The fourth-order valence-electron chi connectivity index (χ4n) is 3.37. The van der Waals surface area contributed by atoms with Crippen molar-refractivity contribution < 1.29 is 19.1 Å². The van der Waals surface area contributed by atoms with Gasteiger partial charge in [0.25, 0.3) is 5.91 Å². The van der Waals surface area contributed by atoms with Gasteiger partial charge in [-0.3, -0.25) is 4.79 Å². The van der Waals surface area contributed by atoms with Crippen LogP contribution in [0, 0.1) is 12.8 Å². The normalized spacial score (nSPS) is 25.2. The molecule has 3 heterocycles. The van der Waals surface area contributed by atoms with E-state index in [4.69, 9.17) is 9.47 Å². The van der Waals surface area contributed by atoms with Crippen molar-refractivity contribution in [3.63, 3.8) is 0 Å². The van der Waals surface area contributed by atoms with Crippen LogP contribution in [0.4, 0.5) is 4.79 Å². The van der Waals surface area contributed by atoms with Crippen molar-refractivity contribution in [2.75, 3.05) is 40.4 Å². The van der Waals surface area contributed by atoms with Crippen molar-refractivity contribution in [1.29, 1.82) is 0 Å². The molecule has 9 nitrogen and oxygen atoms in total. The van der Waals surface area contributed by atoms with Gasteiger partial charge in [0.2, 0.25) is 5.88 Å². The molecule has 2 aliphatic rings. The molecule has 25 heavy (non-hydrogen) atoms. The van der Waals surface area contributed by atoms with Crippen LogP contribution in [0.3, 0.4) is 0 Å². The van der Waals surface area contributed by atoms with E-state index in [1.54, 1.807) is 43.1 Å². The van der Waals surface area contributed by atoms with Crippen molar-refractivity contribution in [2.45, 2.75) is 19.1 Å². The van der Waals surface area contributed by atoms with Gasteiger partial charge in [0.15, 0.2) is 6.10 Å². The average molecular weight is 349 g/mol. The minimum absolute atomic E-state index is 0.0476. The van der Waals surface area contributed by atoms with Gasteiger partial charge in [0.05, 0.1) is 12.6 Å². The van der Waals surface area contributed by atoms with E-state index in [2.05, 4.69) is 15.3 Å². The number of hydrogen-bond donors (Lipinski definition) is 1. The quantitative estimate of drug-likeness (QED) is 0.731. The van der Waals surface area contributed by atoms with E-state index >= 15 is 0 Å². The number of aromatic nitrogens is 2. The Morgan fingerprint density at radius 3 is 2.96 bits per heavy atom. The number of nitrogens with zero attached hydrogens (tertiary/aromatic N) is 4. The van der Waals surface area contributed by atoms with E-state index in [1.807, 2.05) is 0 Å². The summed E-state index contributed by atoms with van der Waals surface area (Å²) in [6.07, 6.45) is 0.962. The maximum absolute atomic E-state index is 12.5. The molecule has 1 aromatic heterocycles. The van der Waals surface area contributed by atoms with Crippen molar-refractivity contribution in [2.24, 2.45) is 5.92 Å². The average Bonchev–Trinajstić information content (AvgIpc) is 3.11. The second-order valence-electron chi connectivity index (χ2n) is 6.29. The Morgan fingerprint density at radius 1 is 1.44 bits per heavy atom. The molecule has 1 aromatic rings. The van der Waals surface area contributed by atoms with E-state index in [0.29, 0.717) is 37.9 Å². The van der Waals surface area contributed by atoms with Crippen LogP contribution in [0.15, 0.2) is 12.3 Å². The minimum Gasteiger partial charge on any atom is -0.464 e. The lowest BCUT2D eigenvalue weighted by Crippen LogP contribution is -2.44. The van der Waals surface area contributed by atoms with Crippen LogP contribution >= 0.6 is 0 Å². The molecule has 2 aliphatic heterocycles. The molecule has 0 aromatic carbocycles. The van der Waals surface area contributed by atoms with E-state index in [0.717, 1.165) is 0 Å². The first kappa shape index (κ1) is 17.4. The van der Waals surface area contributed by atoms with E-state index in [9.17, 15) is 9.59 Å². The number of urea groups is 1. The third-order valence-electron chi connectivity index (χ3n) is 4.68. The lowest BCUT2D eigenvalue weighted by molar-refractivity contribution is -0.134. The highest BCUT2D eigenvalue weighted by Crippen LogP contribution is 2.33. The second-order valence-corrected chi connectivity index (χ2v) is 6.29. The van der Waals surface area contributed by atoms with E-state index < -0.39 is 6.10 Å². The molecular weight excluding hydrogens is 326 g/mol. The number of fused-ring (bicyclic) bond motifs is 1. The summed E-state index contributed by atoms with van der Waals surface area (Å²) in [6, 6.07) is 1.44. The molecule has 3 rings (SSSR count). The van der Waals surface area contributed by atoms with E-state index in [1.165, 1.54) is 0 Å². The van der Waals surface area contributed by atoms with Crippen molar-refractivity contribution in [1.82, 2.24) is 25.1 Å².